The molecule has 6 heteroatoms. The van der Waals surface area contributed by atoms with Crippen LogP contribution in [-0.4, -0.2) is 22.9 Å². The third-order valence-corrected chi connectivity index (χ3v) is 4.90. The van der Waals surface area contributed by atoms with Crippen LogP contribution in [0.3, 0.4) is 0 Å². The van der Waals surface area contributed by atoms with Crippen LogP contribution in [0.1, 0.15) is 74.2 Å². The van der Waals surface area contributed by atoms with Crippen LogP contribution in [0, 0.1) is 17.6 Å². The van der Waals surface area contributed by atoms with E-state index in [9.17, 15) is 13.6 Å². The van der Waals surface area contributed by atoms with Crippen LogP contribution < -0.4 is 5.46 Å². The molecule has 1 unspecified atom stereocenters. The normalized spacial score (nSPS) is 17.0. The van der Waals surface area contributed by atoms with Crippen LogP contribution >= 0.6 is 0 Å². The lowest BCUT2D eigenvalue weighted by Gasteiger charge is -2.25. The smallest absolute Gasteiger partial charge is 0.423 e. The summed E-state index contributed by atoms with van der Waals surface area (Å²) in [6.45, 7) is 2.16. The molecule has 3 nitrogen and oxygen atoms in total. The molecule has 0 saturated carbocycles. The molecule has 0 heterocycles. The second-order valence-electron chi connectivity index (χ2n) is 6.64. The standard InChI is InChI=1S/C18H25BF2O3/c1-2-3-4-5-6-7-8-12-9-10-13-14(18(12)22)11-15(20)16(17(13)21)19(23)24/h11-12,23-24H,2-10H2,1H3. The predicted octanol–water partition coefficient (Wildman–Crippen LogP) is 3.14. The largest absolute Gasteiger partial charge is 0.494 e. The summed E-state index contributed by atoms with van der Waals surface area (Å²) in [5.41, 5.74) is -0.587. The van der Waals surface area contributed by atoms with Gasteiger partial charge in [-0.25, -0.2) is 8.78 Å². The van der Waals surface area contributed by atoms with E-state index in [4.69, 9.17) is 10.0 Å². The molecule has 1 aromatic rings. The average Bonchev–Trinajstić information content (AvgIpc) is 2.53. The van der Waals surface area contributed by atoms with Crippen molar-refractivity contribution in [1.82, 2.24) is 0 Å². The van der Waals surface area contributed by atoms with Crippen molar-refractivity contribution in [3.05, 3.63) is 28.8 Å². The zero-order valence-electron chi connectivity index (χ0n) is 14.2. The molecule has 2 rings (SSSR count). The van der Waals surface area contributed by atoms with Crippen molar-refractivity contribution < 1.29 is 23.6 Å². The van der Waals surface area contributed by atoms with E-state index in [-0.39, 0.29) is 22.8 Å². The predicted molar refractivity (Wildman–Crippen MR) is 90.3 cm³/mol. The van der Waals surface area contributed by atoms with Gasteiger partial charge in [-0.2, -0.15) is 0 Å². The van der Waals surface area contributed by atoms with Gasteiger partial charge in [-0.05, 0) is 30.9 Å². The summed E-state index contributed by atoms with van der Waals surface area (Å²) >= 11 is 0. The Labute approximate surface area is 142 Å². The number of carbonyl (C=O) groups is 1. The molecular formula is C18H25BF2O3. The molecule has 0 bridgehead atoms. The first-order chi connectivity index (χ1) is 11.5. The van der Waals surface area contributed by atoms with Gasteiger partial charge in [0, 0.05) is 11.5 Å². The van der Waals surface area contributed by atoms with Crippen LogP contribution in [-0.2, 0) is 6.42 Å². The lowest BCUT2D eigenvalue weighted by molar-refractivity contribution is 0.0890. The number of Topliss-reactive ketones (excluding diaryl/α,β-unsaturated/α-hetero) is 1. The van der Waals surface area contributed by atoms with E-state index in [0.717, 1.165) is 31.7 Å². The van der Waals surface area contributed by atoms with Crippen molar-refractivity contribution in [2.75, 3.05) is 0 Å². The number of unbranched alkanes of at least 4 members (excludes halogenated alkanes) is 5. The first-order valence-corrected chi connectivity index (χ1v) is 8.88. The maximum Gasteiger partial charge on any atom is 0.494 e. The van der Waals surface area contributed by atoms with Crippen LogP contribution in [0.4, 0.5) is 8.78 Å². The van der Waals surface area contributed by atoms with Gasteiger partial charge < -0.3 is 10.0 Å². The topological polar surface area (TPSA) is 57.5 Å². The highest BCUT2D eigenvalue weighted by molar-refractivity contribution is 6.58. The Kier molecular flexibility index (Phi) is 6.93. The fourth-order valence-corrected chi connectivity index (χ4v) is 3.49. The lowest BCUT2D eigenvalue weighted by atomic mass is 9.73. The van der Waals surface area contributed by atoms with Crippen LogP contribution in [0.25, 0.3) is 0 Å². The van der Waals surface area contributed by atoms with Gasteiger partial charge in [0.05, 0.1) is 5.46 Å². The Morgan fingerprint density at radius 2 is 1.83 bits per heavy atom. The summed E-state index contributed by atoms with van der Waals surface area (Å²) < 4.78 is 28.2. The molecule has 1 aromatic carbocycles. The third kappa shape index (κ3) is 4.22. The number of halogens is 2. The lowest BCUT2D eigenvalue weighted by Crippen LogP contribution is -2.38. The molecule has 0 aromatic heterocycles. The van der Waals surface area contributed by atoms with Crippen LogP contribution in [0.2, 0.25) is 0 Å². The van der Waals surface area contributed by atoms with Gasteiger partial charge in [0.15, 0.2) is 5.78 Å². The number of ketones is 1. The highest BCUT2D eigenvalue weighted by Gasteiger charge is 2.33. The molecule has 24 heavy (non-hydrogen) atoms. The monoisotopic (exact) mass is 338 g/mol. The van der Waals surface area contributed by atoms with Crippen LogP contribution in [0.5, 0.6) is 0 Å². The summed E-state index contributed by atoms with van der Waals surface area (Å²) in [4.78, 5) is 12.5. The van der Waals surface area contributed by atoms with E-state index in [1.165, 1.54) is 19.3 Å². The van der Waals surface area contributed by atoms with E-state index in [2.05, 4.69) is 6.92 Å². The van der Waals surface area contributed by atoms with Crippen molar-refractivity contribution >= 4 is 18.4 Å². The maximum atomic E-state index is 14.3. The van der Waals surface area contributed by atoms with Crippen molar-refractivity contribution in [3.63, 3.8) is 0 Å². The summed E-state index contributed by atoms with van der Waals surface area (Å²) in [6, 6.07) is 0.961. The quantitative estimate of drug-likeness (QED) is 0.566. The molecule has 0 spiro atoms. The van der Waals surface area contributed by atoms with Gasteiger partial charge in [0.25, 0.3) is 0 Å². The number of fused-ring (bicyclic) bond motifs is 1. The first kappa shape index (κ1) is 19.1. The van der Waals surface area contributed by atoms with E-state index < -0.39 is 24.2 Å². The molecule has 0 aliphatic heterocycles. The number of hydrogen-bond acceptors (Lipinski definition) is 3. The van der Waals surface area contributed by atoms with Crippen molar-refractivity contribution in [3.8, 4) is 0 Å². The fourth-order valence-electron chi connectivity index (χ4n) is 3.49. The van der Waals surface area contributed by atoms with E-state index in [1.54, 1.807) is 0 Å². The highest BCUT2D eigenvalue weighted by Crippen LogP contribution is 2.31. The number of benzene rings is 1. The van der Waals surface area contributed by atoms with Crippen molar-refractivity contribution in [2.45, 2.75) is 64.7 Å². The Bertz CT molecular complexity index is 590. The number of carbonyl (C=O) groups excluding carboxylic acids is 1. The Balaban J connectivity index is 2.03. The number of rotatable bonds is 8. The fraction of sp³-hybridized carbons (Fsp3) is 0.611. The minimum Gasteiger partial charge on any atom is -0.423 e. The summed E-state index contributed by atoms with van der Waals surface area (Å²) in [7, 11) is -2.22. The molecule has 0 radical (unpaired) electrons. The van der Waals surface area contributed by atoms with Gasteiger partial charge in [-0.1, -0.05) is 45.4 Å². The Morgan fingerprint density at radius 3 is 2.50 bits per heavy atom. The molecule has 1 aliphatic carbocycles. The van der Waals surface area contributed by atoms with Gasteiger partial charge in [-0.15, -0.1) is 0 Å². The van der Waals surface area contributed by atoms with Gasteiger partial charge >= 0.3 is 7.12 Å². The average molecular weight is 338 g/mol. The molecule has 1 atom stereocenters. The molecule has 0 fully saturated rings. The first-order valence-electron chi connectivity index (χ1n) is 8.88. The van der Waals surface area contributed by atoms with Gasteiger partial charge in [0.2, 0.25) is 0 Å². The van der Waals surface area contributed by atoms with Crippen molar-refractivity contribution in [2.24, 2.45) is 5.92 Å². The van der Waals surface area contributed by atoms with Gasteiger partial charge in [0.1, 0.15) is 11.6 Å². The molecular weight excluding hydrogens is 313 g/mol. The van der Waals surface area contributed by atoms with Crippen molar-refractivity contribution in [1.29, 1.82) is 0 Å². The molecule has 0 amide bonds. The Hall–Kier alpha value is -1.27. The minimum absolute atomic E-state index is 0.0663. The maximum absolute atomic E-state index is 14.3. The Morgan fingerprint density at radius 1 is 1.17 bits per heavy atom. The van der Waals surface area contributed by atoms with E-state index in [1.807, 2.05) is 0 Å². The minimum atomic E-state index is -2.22. The zero-order valence-corrected chi connectivity index (χ0v) is 14.2. The molecule has 132 valence electrons. The second kappa shape index (κ2) is 8.72. The summed E-state index contributed by atoms with van der Waals surface area (Å²) in [6.07, 6.45) is 8.43. The van der Waals surface area contributed by atoms with Gasteiger partial charge in [-0.3, -0.25) is 4.79 Å². The second-order valence-corrected chi connectivity index (χ2v) is 6.64. The van der Waals surface area contributed by atoms with E-state index >= 15 is 0 Å². The zero-order chi connectivity index (χ0) is 17.7. The van der Waals surface area contributed by atoms with Crippen LogP contribution in [0.15, 0.2) is 6.07 Å². The molecule has 2 N–H and O–H groups in total. The number of hydrogen-bond donors (Lipinski definition) is 2. The SMILES string of the molecule is CCCCCCCCC1CCc2c(cc(F)c(B(O)O)c2F)C1=O. The highest BCUT2D eigenvalue weighted by atomic mass is 19.1. The molecule has 1 aliphatic rings. The molecule has 0 saturated heterocycles. The summed E-state index contributed by atoms with van der Waals surface area (Å²) in [5, 5.41) is 18.2. The van der Waals surface area contributed by atoms with E-state index in [0.29, 0.717) is 12.8 Å². The summed E-state index contributed by atoms with van der Waals surface area (Å²) in [5.74, 6) is -2.48. The third-order valence-electron chi connectivity index (χ3n) is 4.90.